The van der Waals surface area contributed by atoms with Gasteiger partial charge in [-0.2, -0.15) is 0 Å². The molecule has 0 aliphatic heterocycles. The first-order chi connectivity index (χ1) is 12.4. The lowest BCUT2D eigenvalue weighted by Crippen LogP contribution is -2.31. The van der Waals surface area contributed by atoms with Crippen molar-refractivity contribution >= 4 is 33.2 Å². The lowest BCUT2D eigenvalue weighted by atomic mass is 10.2. The Morgan fingerprint density at radius 1 is 1.15 bits per heavy atom. The van der Waals surface area contributed by atoms with E-state index in [1.165, 1.54) is 0 Å². The zero-order valence-electron chi connectivity index (χ0n) is 15.7. The number of fused-ring (bicyclic) bond motifs is 1. The van der Waals surface area contributed by atoms with Crippen LogP contribution >= 0.6 is 22.9 Å². The van der Waals surface area contributed by atoms with Crippen LogP contribution in [0.5, 0.6) is 0 Å². The zero-order chi connectivity index (χ0) is 18.8. The lowest BCUT2D eigenvalue weighted by molar-refractivity contribution is 0.282. The first-order valence-corrected chi connectivity index (χ1v) is 10.1. The summed E-state index contributed by atoms with van der Waals surface area (Å²) in [5.74, 6) is 0.822. The fraction of sp³-hybridized carbons (Fsp3) is 0.400. The molecule has 2 aromatic heterocycles. The largest absolute Gasteiger partial charge is 0.297 e. The molecule has 0 atom stereocenters. The molecule has 0 radical (unpaired) electrons. The highest BCUT2D eigenvalue weighted by molar-refractivity contribution is 7.18. The molecule has 0 saturated heterocycles. The van der Waals surface area contributed by atoms with Crippen LogP contribution in [-0.4, -0.2) is 27.5 Å². The van der Waals surface area contributed by atoms with E-state index in [1.807, 2.05) is 35.8 Å². The molecule has 6 heteroatoms. The number of aryl methyl sites for hydroxylation is 2. The van der Waals surface area contributed by atoms with Gasteiger partial charge in [-0.1, -0.05) is 37.6 Å². The summed E-state index contributed by atoms with van der Waals surface area (Å²) in [4.78, 5) is 22.5. The monoisotopic (exact) mass is 389 g/mol. The number of hydrogen-bond acceptors (Lipinski definition) is 4. The van der Waals surface area contributed by atoms with Gasteiger partial charge < -0.3 is 0 Å². The Morgan fingerprint density at radius 3 is 2.42 bits per heavy atom. The van der Waals surface area contributed by atoms with Crippen molar-refractivity contribution in [1.82, 2.24) is 14.5 Å². The van der Waals surface area contributed by atoms with Crippen molar-refractivity contribution in [2.24, 2.45) is 0 Å². The molecule has 0 bridgehead atoms. The normalized spacial score (nSPS) is 11.6. The van der Waals surface area contributed by atoms with Crippen molar-refractivity contribution in [3.63, 3.8) is 0 Å². The summed E-state index contributed by atoms with van der Waals surface area (Å²) in [6.45, 7) is 11.3. The Morgan fingerprint density at radius 2 is 1.81 bits per heavy atom. The summed E-state index contributed by atoms with van der Waals surface area (Å²) in [5, 5.41) is 1.45. The minimum Gasteiger partial charge on any atom is -0.297 e. The summed E-state index contributed by atoms with van der Waals surface area (Å²) < 4.78 is 1.82. The molecule has 0 fully saturated rings. The van der Waals surface area contributed by atoms with E-state index in [4.69, 9.17) is 16.6 Å². The minimum atomic E-state index is 0.0500. The second kappa shape index (κ2) is 7.91. The SMILES string of the molecule is CCN(CC)Cc1nc2sc(C)c(C)c2c(=O)n1Cc1ccc(Cl)cc1. The van der Waals surface area contributed by atoms with Crippen LogP contribution in [0.15, 0.2) is 29.1 Å². The average molecular weight is 390 g/mol. The number of aromatic nitrogens is 2. The molecular weight excluding hydrogens is 366 g/mol. The van der Waals surface area contributed by atoms with Gasteiger partial charge in [-0.25, -0.2) is 4.98 Å². The van der Waals surface area contributed by atoms with Crippen LogP contribution in [0.4, 0.5) is 0 Å². The summed E-state index contributed by atoms with van der Waals surface area (Å²) in [5.41, 5.74) is 2.14. The molecule has 0 saturated carbocycles. The van der Waals surface area contributed by atoms with E-state index in [0.717, 1.165) is 45.1 Å². The van der Waals surface area contributed by atoms with Gasteiger partial charge in [-0.05, 0) is 50.2 Å². The van der Waals surface area contributed by atoms with Crippen LogP contribution in [-0.2, 0) is 13.1 Å². The standard InChI is InChI=1S/C20H24ClN3OS/c1-5-23(6-2)12-17-22-19-18(13(3)14(4)26-19)20(25)24(17)11-15-7-9-16(21)10-8-15/h7-10H,5-6,11-12H2,1-4H3. The Kier molecular flexibility index (Phi) is 5.80. The van der Waals surface area contributed by atoms with Crippen molar-refractivity contribution < 1.29 is 0 Å². The number of benzene rings is 1. The fourth-order valence-electron chi connectivity index (χ4n) is 3.07. The van der Waals surface area contributed by atoms with Gasteiger partial charge in [0, 0.05) is 9.90 Å². The summed E-state index contributed by atoms with van der Waals surface area (Å²) in [7, 11) is 0. The molecule has 0 spiro atoms. The van der Waals surface area contributed by atoms with Gasteiger partial charge >= 0.3 is 0 Å². The highest BCUT2D eigenvalue weighted by Crippen LogP contribution is 2.26. The summed E-state index contributed by atoms with van der Waals surface area (Å²) in [6.07, 6.45) is 0. The van der Waals surface area contributed by atoms with Crippen LogP contribution in [0.3, 0.4) is 0 Å². The highest BCUT2D eigenvalue weighted by atomic mass is 35.5. The molecule has 138 valence electrons. The van der Waals surface area contributed by atoms with Gasteiger partial charge in [0.15, 0.2) is 0 Å². The van der Waals surface area contributed by atoms with E-state index < -0.39 is 0 Å². The predicted molar refractivity (Wildman–Crippen MR) is 111 cm³/mol. The van der Waals surface area contributed by atoms with Gasteiger partial charge in [0.2, 0.25) is 0 Å². The Bertz CT molecular complexity index is 971. The van der Waals surface area contributed by atoms with E-state index in [9.17, 15) is 4.79 Å². The first kappa shape index (κ1) is 19.1. The lowest BCUT2D eigenvalue weighted by Gasteiger charge is -2.20. The van der Waals surface area contributed by atoms with Gasteiger partial charge in [0.05, 0.1) is 18.5 Å². The number of nitrogens with zero attached hydrogens (tertiary/aromatic N) is 3. The molecule has 26 heavy (non-hydrogen) atoms. The molecular formula is C20H24ClN3OS. The number of hydrogen-bond donors (Lipinski definition) is 0. The Labute approximate surface area is 163 Å². The first-order valence-electron chi connectivity index (χ1n) is 8.90. The number of rotatable bonds is 6. The smallest absolute Gasteiger partial charge is 0.262 e. The quantitative estimate of drug-likeness (QED) is 0.617. The highest BCUT2D eigenvalue weighted by Gasteiger charge is 2.18. The van der Waals surface area contributed by atoms with E-state index in [0.29, 0.717) is 18.1 Å². The average Bonchev–Trinajstić information content (AvgIpc) is 2.91. The molecule has 0 amide bonds. The van der Waals surface area contributed by atoms with Gasteiger partial charge in [-0.3, -0.25) is 14.3 Å². The Balaban J connectivity index is 2.15. The van der Waals surface area contributed by atoms with Crippen LogP contribution in [0, 0.1) is 13.8 Å². The van der Waals surface area contributed by atoms with Crippen LogP contribution in [0.2, 0.25) is 5.02 Å². The van der Waals surface area contributed by atoms with Crippen molar-refractivity contribution in [3.05, 3.63) is 61.5 Å². The van der Waals surface area contributed by atoms with E-state index in [2.05, 4.69) is 25.7 Å². The molecule has 3 rings (SSSR count). The Hall–Kier alpha value is -1.69. The molecule has 0 aliphatic carbocycles. The second-order valence-electron chi connectivity index (χ2n) is 6.47. The third kappa shape index (κ3) is 3.70. The maximum Gasteiger partial charge on any atom is 0.262 e. The molecule has 2 heterocycles. The van der Waals surface area contributed by atoms with Crippen molar-refractivity contribution in [1.29, 1.82) is 0 Å². The number of halogens is 1. The maximum absolute atomic E-state index is 13.3. The zero-order valence-corrected chi connectivity index (χ0v) is 17.2. The maximum atomic E-state index is 13.3. The molecule has 0 aliphatic rings. The van der Waals surface area contributed by atoms with Crippen molar-refractivity contribution in [3.8, 4) is 0 Å². The molecule has 1 aromatic carbocycles. The third-order valence-electron chi connectivity index (χ3n) is 4.88. The van der Waals surface area contributed by atoms with Crippen LogP contribution in [0.1, 0.15) is 35.7 Å². The summed E-state index contributed by atoms with van der Waals surface area (Å²) in [6, 6.07) is 7.65. The van der Waals surface area contributed by atoms with E-state index >= 15 is 0 Å². The van der Waals surface area contributed by atoms with Gasteiger partial charge in [-0.15, -0.1) is 11.3 Å². The topological polar surface area (TPSA) is 38.1 Å². The molecule has 0 unspecified atom stereocenters. The molecule has 3 aromatic rings. The minimum absolute atomic E-state index is 0.0500. The molecule has 0 N–H and O–H groups in total. The van der Waals surface area contributed by atoms with E-state index in [1.54, 1.807) is 11.3 Å². The predicted octanol–water partition coefficient (Wildman–Crippen LogP) is 4.62. The van der Waals surface area contributed by atoms with Gasteiger partial charge in [0.25, 0.3) is 5.56 Å². The van der Waals surface area contributed by atoms with E-state index in [-0.39, 0.29) is 5.56 Å². The third-order valence-corrected chi connectivity index (χ3v) is 6.23. The second-order valence-corrected chi connectivity index (χ2v) is 8.11. The van der Waals surface area contributed by atoms with Gasteiger partial charge in [0.1, 0.15) is 10.7 Å². The van der Waals surface area contributed by atoms with Crippen molar-refractivity contribution in [2.45, 2.75) is 40.8 Å². The van der Waals surface area contributed by atoms with Crippen molar-refractivity contribution in [2.75, 3.05) is 13.1 Å². The van der Waals surface area contributed by atoms with Crippen LogP contribution in [0.25, 0.3) is 10.2 Å². The number of thiophene rings is 1. The van der Waals surface area contributed by atoms with Crippen LogP contribution < -0.4 is 5.56 Å². The molecule has 4 nitrogen and oxygen atoms in total. The summed E-state index contributed by atoms with van der Waals surface area (Å²) >= 11 is 7.61. The fourth-order valence-corrected chi connectivity index (χ4v) is 4.24.